The molecule has 2 rings (SSSR count). The molecule has 0 N–H and O–H groups in total. The van der Waals surface area contributed by atoms with Crippen molar-refractivity contribution in [3.8, 4) is 0 Å². The van der Waals surface area contributed by atoms with E-state index in [1.54, 1.807) is 0 Å². The quantitative estimate of drug-likeness (QED) is 0.509. The minimum atomic E-state index is -0.269. The number of hydrogen-bond donors (Lipinski definition) is 0. The number of ether oxygens (including phenoxy) is 1. The van der Waals surface area contributed by atoms with Crippen molar-refractivity contribution in [2.75, 3.05) is 13.2 Å². The first-order valence-corrected chi connectivity index (χ1v) is 3.11. The lowest BCUT2D eigenvalue weighted by molar-refractivity contribution is -0.113. The Bertz CT molecular complexity index is 200. The highest BCUT2D eigenvalue weighted by Gasteiger charge is 1.92. The van der Waals surface area contributed by atoms with E-state index in [2.05, 4.69) is 20.0 Å². The Balaban J connectivity index is 0.000000112. The molecule has 0 saturated carbocycles. The van der Waals surface area contributed by atoms with Crippen molar-refractivity contribution in [1.29, 1.82) is 0 Å². The summed E-state index contributed by atoms with van der Waals surface area (Å²) >= 11 is 0. The summed E-state index contributed by atoms with van der Waals surface area (Å²) in [5.74, 6) is -0.269. The van der Waals surface area contributed by atoms with Gasteiger partial charge in [-0.15, -0.1) is 5.11 Å². The van der Waals surface area contributed by atoms with Crippen LogP contribution in [0.5, 0.6) is 0 Å². The molecule has 0 saturated heterocycles. The van der Waals surface area contributed by atoms with Crippen LogP contribution < -0.4 is 0 Å². The Morgan fingerprint density at radius 3 is 2.64 bits per heavy atom. The van der Waals surface area contributed by atoms with E-state index in [1.165, 1.54) is 18.7 Å². The third kappa shape index (κ3) is 3.24. The third-order valence-corrected chi connectivity index (χ3v) is 0.927. The second kappa shape index (κ2) is 4.32. The van der Waals surface area contributed by atoms with Crippen molar-refractivity contribution >= 4 is 12.3 Å². The summed E-state index contributed by atoms with van der Waals surface area (Å²) in [7, 11) is 0. The molecule has 2 aliphatic rings. The topological polar surface area (TPSA) is 63.4 Å². The van der Waals surface area contributed by atoms with Crippen LogP contribution in [0.4, 0.5) is 0 Å². The highest BCUT2D eigenvalue weighted by atomic mass is 16.5. The summed E-state index contributed by atoms with van der Waals surface area (Å²) in [5, 5.41) is 6.37. The second-order valence-corrected chi connectivity index (χ2v) is 1.75. The predicted octanol–water partition coefficient (Wildman–Crippen LogP) is 0.537. The molecular weight excluding hydrogens is 146 g/mol. The van der Waals surface area contributed by atoms with Gasteiger partial charge in [0.2, 0.25) is 0 Å². The molecule has 11 heavy (non-hydrogen) atoms. The Morgan fingerprint density at radius 1 is 1.55 bits per heavy atom. The van der Waals surface area contributed by atoms with Gasteiger partial charge in [-0.05, 0) is 0 Å². The third-order valence-electron chi connectivity index (χ3n) is 0.927. The number of rotatable bonds is 0. The normalized spacial score (nSPS) is 18.0. The average Bonchev–Trinajstić information content (AvgIpc) is 2.57. The molecular formula is C6H7N3O2. The first-order valence-electron chi connectivity index (χ1n) is 3.11. The summed E-state index contributed by atoms with van der Waals surface area (Å²) in [4.78, 5) is 13.6. The summed E-state index contributed by atoms with van der Waals surface area (Å²) in [6, 6.07) is 0. The van der Waals surface area contributed by atoms with E-state index in [0.29, 0.717) is 0 Å². The first-order chi connectivity index (χ1) is 5.39. The van der Waals surface area contributed by atoms with Gasteiger partial charge < -0.3 is 4.74 Å². The van der Waals surface area contributed by atoms with Gasteiger partial charge in [-0.2, -0.15) is 5.11 Å². The van der Waals surface area contributed by atoms with Gasteiger partial charge in [-0.1, -0.05) is 0 Å². The number of hydrogen-bond acceptors (Lipinski definition) is 4. The Kier molecular flexibility index (Phi) is 2.98. The molecule has 0 aliphatic carbocycles. The molecule has 0 bridgehead atoms. The monoisotopic (exact) mass is 153 g/mol. The van der Waals surface area contributed by atoms with Crippen molar-refractivity contribution in [1.82, 2.24) is 0 Å². The highest BCUT2D eigenvalue weighted by Crippen LogP contribution is 1.90. The van der Waals surface area contributed by atoms with E-state index in [9.17, 15) is 4.79 Å². The zero-order valence-electron chi connectivity index (χ0n) is 5.80. The van der Waals surface area contributed by atoms with E-state index < -0.39 is 0 Å². The number of amides is 1. The van der Waals surface area contributed by atoms with Gasteiger partial charge in [0.05, 0.1) is 12.7 Å². The van der Waals surface area contributed by atoms with Crippen LogP contribution in [0.2, 0.25) is 0 Å². The van der Waals surface area contributed by atoms with Crippen LogP contribution in [0.25, 0.3) is 0 Å². The van der Waals surface area contributed by atoms with E-state index in [-0.39, 0.29) is 5.91 Å². The maximum Gasteiger partial charge on any atom is 0.289 e. The van der Waals surface area contributed by atoms with Gasteiger partial charge in [0.15, 0.2) is 6.40 Å². The number of aliphatic imine (C=N–C) groups is 1. The number of carbonyl (C=O) groups is 1. The molecule has 0 fully saturated rings. The van der Waals surface area contributed by atoms with Crippen LogP contribution in [0, 0.1) is 0 Å². The molecule has 0 aromatic heterocycles. The maximum atomic E-state index is 9.90. The lowest BCUT2D eigenvalue weighted by Crippen LogP contribution is -1.80. The van der Waals surface area contributed by atoms with Crippen LogP contribution in [0.1, 0.15) is 0 Å². The maximum absolute atomic E-state index is 9.90. The zero-order chi connectivity index (χ0) is 7.94. The molecule has 2 heterocycles. The minimum absolute atomic E-state index is 0.269. The molecule has 0 aromatic carbocycles. The van der Waals surface area contributed by atoms with Gasteiger partial charge >= 0.3 is 0 Å². The summed E-state index contributed by atoms with van der Waals surface area (Å²) in [6.07, 6.45) is 4.16. The number of nitrogens with zero attached hydrogens (tertiary/aromatic N) is 3. The van der Waals surface area contributed by atoms with Gasteiger partial charge in [-0.25, -0.2) is 0 Å². The SMILES string of the molecule is C1=NCCO1.O=C1C=CN=N1. The number of azo groups is 1. The lowest BCUT2D eigenvalue weighted by atomic mass is 10.6. The van der Waals surface area contributed by atoms with Crippen LogP contribution in [-0.4, -0.2) is 25.5 Å². The van der Waals surface area contributed by atoms with Crippen molar-refractivity contribution in [2.45, 2.75) is 0 Å². The highest BCUT2D eigenvalue weighted by molar-refractivity contribution is 5.89. The van der Waals surface area contributed by atoms with Crippen LogP contribution in [0.3, 0.4) is 0 Å². The smallest absolute Gasteiger partial charge is 0.289 e. The number of carbonyl (C=O) groups excluding carboxylic acids is 1. The molecule has 0 radical (unpaired) electrons. The summed E-state index contributed by atoms with van der Waals surface area (Å²) in [5.41, 5.74) is 0. The molecule has 1 amide bonds. The molecule has 0 atom stereocenters. The van der Waals surface area contributed by atoms with Gasteiger partial charge in [-0.3, -0.25) is 9.79 Å². The van der Waals surface area contributed by atoms with Crippen LogP contribution in [-0.2, 0) is 9.53 Å². The lowest BCUT2D eigenvalue weighted by Gasteiger charge is -1.76. The summed E-state index contributed by atoms with van der Waals surface area (Å²) in [6.45, 7) is 1.62. The molecule has 2 aliphatic heterocycles. The molecule has 58 valence electrons. The average molecular weight is 153 g/mol. The van der Waals surface area contributed by atoms with Gasteiger partial charge in [0.1, 0.15) is 6.61 Å². The minimum Gasteiger partial charge on any atom is -0.482 e. The van der Waals surface area contributed by atoms with Crippen molar-refractivity contribution in [3.63, 3.8) is 0 Å². The molecule has 0 aromatic rings. The predicted molar refractivity (Wildman–Crippen MR) is 38.3 cm³/mol. The van der Waals surface area contributed by atoms with E-state index in [1.807, 2.05) is 0 Å². The Labute approximate surface area is 63.5 Å². The Morgan fingerprint density at radius 2 is 2.45 bits per heavy atom. The van der Waals surface area contributed by atoms with Crippen LogP contribution >= 0.6 is 0 Å². The second-order valence-electron chi connectivity index (χ2n) is 1.75. The summed E-state index contributed by atoms with van der Waals surface area (Å²) < 4.78 is 4.65. The van der Waals surface area contributed by atoms with Gasteiger partial charge in [0.25, 0.3) is 5.91 Å². The molecule has 0 spiro atoms. The van der Waals surface area contributed by atoms with E-state index in [4.69, 9.17) is 0 Å². The first kappa shape index (κ1) is 7.59. The van der Waals surface area contributed by atoms with E-state index >= 15 is 0 Å². The van der Waals surface area contributed by atoms with Crippen molar-refractivity contribution in [2.24, 2.45) is 15.2 Å². The molecule has 0 unspecified atom stereocenters. The fraction of sp³-hybridized carbons (Fsp3) is 0.333. The Hall–Kier alpha value is -1.52. The zero-order valence-corrected chi connectivity index (χ0v) is 5.80. The van der Waals surface area contributed by atoms with Gasteiger partial charge in [0, 0.05) is 6.08 Å². The van der Waals surface area contributed by atoms with E-state index in [0.717, 1.165) is 13.2 Å². The van der Waals surface area contributed by atoms with Crippen LogP contribution in [0.15, 0.2) is 27.5 Å². The van der Waals surface area contributed by atoms with Crippen molar-refractivity contribution in [3.05, 3.63) is 12.3 Å². The molecule has 5 nitrogen and oxygen atoms in total. The van der Waals surface area contributed by atoms with Crippen molar-refractivity contribution < 1.29 is 9.53 Å². The standard InChI is InChI=1S/C3H2N2O.C3H5NO/c6-3-1-2-4-5-3;1-2-5-3-4-1/h1-2H;3H,1-2H2. The largest absolute Gasteiger partial charge is 0.482 e. The fourth-order valence-corrected chi connectivity index (χ4v) is 0.484. The molecule has 5 heteroatoms. The fourth-order valence-electron chi connectivity index (χ4n) is 0.484.